The normalized spacial score (nSPS) is 12.8. The van der Waals surface area contributed by atoms with Gasteiger partial charge in [-0.05, 0) is 58.2 Å². The molecule has 1 amide bonds. The number of rotatable bonds is 8. The zero-order valence-electron chi connectivity index (χ0n) is 17.9. The van der Waals surface area contributed by atoms with Crippen molar-refractivity contribution in [2.45, 2.75) is 19.5 Å². The van der Waals surface area contributed by atoms with Crippen LogP contribution in [0.2, 0.25) is 0 Å². The second-order valence-corrected chi connectivity index (χ2v) is 8.36. The van der Waals surface area contributed by atoms with Gasteiger partial charge in [-0.2, -0.15) is 0 Å². The van der Waals surface area contributed by atoms with Crippen molar-refractivity contribution < 1.29 is 28.9 Å². The molecule has 0 spiro atoms. The van der Waals surface area contributed by atoms with Crippen LogP contribution in [0.15, 0.2) is 71.2 Å². The molecule has 8 heteroatoms. The van der Waals surface area contributed by atoms with Gasteiger partial charge < -0.3 is 24.2 Å². The van der Waals surface area contributed by atoms with Crippen LogP contribution in [0.25, 0.3) is 0 Å². The van der Waals surface area contributed by atoms with Gasteiger partial charge >= 0.3 is 5.97 Å². The number of ether oxygens (including phenoxy) is 3. The first-order valence-electron chi connectivity index (χ1n) is 10.3. The molecule has 3 aromatic carbocycles. The Hall–Kier alpha value is -3.52. The Morgan fingerprint density at radius 2 is 1.82 bits per heavy atom. The van der Waals surface area contributed by atoms with Crippen LogP contribution in [0.3, 0.4) is 0 Å². The van der Waals surface area contributed by atoms with Crippen LogP contribution in [-0.2, 0) is 11.3 Å². The van der Waals surface area contributed by atoms with Crippen molar-refractivity contribution in [3.05, 3.63) is 87.9 Å². The van der Waals surface area contributed by atoms with E-state index in [1.807, 2.05) is 55.5 Å². The first kappa shape index (κ1) is 22.7. The number of fused-ring (bicyclic) bond motifs is 1. The molecule has 0 fully saturated rings. The van der Waals surface area contributed by atoms with Gasteiger partial charge in [0.15, 0.2) is 18.1 Å². The lowest BCUT2D eigenvalue weighted by atomic mass is 10.1. The van der Waals surface area contributed by atoms with Gasteiger partial charge in [0.1, 0.15) is 11.3 Å². The lowest BCUT2D eigenvalue weighted by Gasteiger charge is -2.30. The third-order valence-corrected chi connectivity index (χ3v) is 6.02. The van der Waals surface area contributed by atoms with Crippen LogP contribution in [0.1, 0.15) is 34.5 Å². The van der Waals surface area contributed by atoms with Crippen LogP contribution in [0.4, 0.5) is 0 Å². The third-order valence-electron chi connectivity index (χ3n) is 5.40. The van der Waals surface area contributed by atoms with E-state index in [1.54, 1.807) is 17.0 Å². The number of carbonyl (C=O) groups excluding carboxylic acids is 1. The fourth-order valence-electron chi connectivity index (χ4n) is 3.63. The molecule has 1 aliphatic heterocycles. The highest BCUT2D eigenvalue weighted by Crippen LogP contribution is 2.34. The van der Waals surface area contributed by atoms with Crippen molar-refractivity contribution in [1.29, 1.82) is 0 Å². The molecule has 1 atom stereocenters. The Bertz CT molecular complexity index is 1170. The molecule has 0 aliphatic carbocycles. The Balaban J connectivity index is 1.58. The van der Waals surface area contributed by atoms with E-state index in [0.29, 0.717) is 22.5 Å². The second-order valence-electron chi connectivity index (χ2n) is 7.51. The fraction of sp³-hybridized carbons (Fsp3) is 0.200. The fourth-order valence-corrected chi connectivity index (χ4v) is 4.11. The number of halogens is 1. The van der Waals surface area contributed by atoms with E-state index in [4.69, 9.17) is 14.2 Å². The molecule has 0 aromatic heterocycles. The average Bonchev–Trinajstić information content (AvgIpc) is 3.29. The summed E-state index contributed by atoms with van der Waals surface area (Å²) in [5.41, 5.74) is 1.83. The number of nitrogens with zero attached hydrogens (tertiary/aromatic N) is 1. The van der Waals surface area contributed by atoms with Crippen LogP contribution in [0, 0.1) is 0 Å². The Kier molecular flexibility index (Phi) is 6.84. The maximum atomic E-state index is 13.3. The minimum Gasteiger partial charge on any atom is -0.482 e. The summed E-state index contributed by atoms with van der Waals surface area (Å²) in [5.74, 6) is 0.0208. The highest BCUT2D eigenvalue weighted by molar-refractivity contribution is 9.10. The smallest absolute Gasteiger partial charge is 0.339 e. The van der Waals surface area contributed by atoms with Crippen LogP contribution < -0.4 is 14.2 Å². The van der Waals surface area contributed by atoms with E-state index >= 15 is 0 Å². The SMILES string of the molecule is C[C@@H](c1ccccc1)N(Cc1ccc2c(c1)OCO2)C(=O)COc1c(Br)cccc1C(=O)O. The second kappa shape index (κ2) is 9.95. The summed E-state index contributed by atoms with van der Waals surface area (Å²) in [7, 11) is 0. The van der Waals surface area contributed by atoms with Gasteiger partial charge in [-0.1, -0.05) is 42.5 Å². The zero-order valence-corrected chi connectivity index (χ0v) is 19.4. The van der Waals surface area contributed by atoms with Gasteiger partial charge in [-0.15, -0.1) is 0 Å². The highest BCUT2D eigenvalue weighted by Gasteiger charge is 2.25. The van der Waals surface area contributed by atoms with Gasteiger partial charge in [0, 0.05) is 6.54 Å². The number of para-hydroxylation sites is 1. The lowest BCUT2D eigenvalue weighted by Crippen LogP contribution is -2.36. The molecule has 1 aliphatic rings. The monoisotopic (exact) mass is 511 g/mol. The van der Waals surface area contributed by atoms with E-state index in [-0.39, 0.29) is 36.7 Å². The number of benzene rings is 3. The van der Waals surface area contributed by atoms with Crippen molar-refractivity contribution in [2.24, 2.45) is 0 Å². The summed E-state index contributed by atoms with van der Waals surface area (Å²) in [4.78, 5) is 26.6. The molecule has 0 bridgehead atoms. The first-order valence-corrected chi connectivity index (χ1v) is 11.1. The van der Waals surface area contributed by atoms with Crippen LogP contribution in [-0.4, -0.2) is 35.3 Å². The van der Waals surface area contributed by atoms with E-state index in [2.05, 4.69) is 15.9 Å². The van der Waals surface area contributed by atoms with Crippen LogP contribution >= 0.6 is 15.9 Å². The summed E-state index contributed by atoms with van der Waals surface area (Å²) in [6, 6.07) is 19.7. The largest absolute Gasteiger partial charge is 0.482 e. The van der Waals surface area contributed by atoms with Crippen molar-refractivity contribution in [3.63, 3.8) is 0 Å². The molecule has 4 rings (SSSR count). The number of carboxylic acids is 1. The lowest BCUT2D eigenvalue weighted by molar-refractivity contribution is -0.136. The molecule has 7 nitrogen and oxygen atoms in total. The molecule has 3 aromatic rings. The van der Waals surface area contributed by atoms with Gasteiger partial charge in [0.05, 0.1) is 10.5 Å². The molecule has 0 radical (unpaired) electrons. The predicted octanol–water partition coefficient (Wildman–Crippen LogP) is 5.04. The zero-order chi connectivity index (χ0) is 23.4. The topological polar surface area (TPSA) is 85.3 Å². The van der Waals surface area contributed by atoms with Crippen molar-refractivity contribution in [1.82, 2.24) is 4.90 Å². The summed E-state index contributed by atoms with van der Waals surface area (Å²) in [6.07, 6.45) is 0. The summed E-state index contributed by atoms with van der Waals surface area (Å²) < 4.78 is 17.0. The number of carbonyl (C=O) groups is 2. The molecule has 0 saturated heterocycles. The maximum absolute atomic E-state index is 13.3. The van der Waals surface area contributed by atoms with Gasteiger partial charge in [0.2, 0.25) is 6.79 Å². The van der Waals surface area contributed by atoms with Gasteiger partial charge in [-0.3, -0.25) is 4.79 Å². The summed E-state index contributed by atoms with van der Waals surface area (Å²) in [6.45, 7) is 2.12. The van der Waals surface area contributed by atoms with E-state index < -0.39 is 5.97 Å². The van der Waals surface area contributed by atoms with Gasteiger partial charge in [-0.25, -0.2) is 4.79 Å². The molecule has 1 N–H and O–H groups in total. The van der Waals surface area contributed by atoms with Crippen LogP contribution in [0.5, 0.6) is 17.2 Å². The number of aromatic carboxylic acids is 1. The summed E-state index contributed by atoms with van der Waals surface area (Å²) in [5, 5.41) is 9.45. The molecule has 1 heterocycles. The maximum Gasteiger partial charge on any atom is 0.339 e. The first-order chi connectivity index (χ1) is 15.9. The van der Waals surface area contributed by atoms with Crippen molar-refractivity contribution in [3.8, 4) is 17.2 Å². The molecule has 0 saturated carbocycles. The Labute approximate surface area is 199 Å². The minimum absolute atomic E-state index is 0.0180. The average molecular weight is 512 g/mol. The van der Waals surface area contributed by atoms with Crippen molar-refractivity contribution >= 4 is 27.8 Å². The van der Waals surface area contributed by atoms with E-state index in [1.165, 1.54) is 6.07 Å². The number of hydrogen-bond acceptors (Lipinski definition) is 5. The summed E-state index contributed by atoms with van der Waals surface area (Å²) >= 11 is 3.31. The third kappa shape index (κ3) is 5.12. The van der Waals surface area contributed by atoms with Crippen molar-refractivity contribution in [2.75, 3.05) is 13.4 Å². The highest BCUT2D eigenvalue weighted by atomic mass is 79.9. The predicted molar refractivity (Wildman–Crippen MR) is 125 cm³/mol. The van der Waals surface area contributed by atoms with E-state index in [9.17, 15) is 14.7 Å². The number of carboxylic acid groups (broad SMARTS) is 1. The van der Waals surface area contributed by atoms with E-state index in [0.717, 1.165) is 11.1 Å². The number of amides is 1. The molecule has 170 valence electrons. The molecular formula is C25H22BrNO6. The molecule has 33 heavy (non-hydrogen) atoms. The van der Waals surface area contributed by atoms with Gasteiger partial charge in [0.25, 0.3) is 5.91 Å². The minimum atomic E-state index is -1.13. The molecule has 0 unspecified atom stereocenters. The quantitative estimate of drug-likeness (QED) is 0.455. The Morgan fingerprint density at radius 3 is 2.58 bits per heavy atom. The molecular weight excluding hydrogens is 490 g/mol. The number of hydrogen-bond donors (Lipinski definition) is 1. The Morgan fingerprint density at radius 1 is 1.06 bits per heavy atom. The standard InChI is InChI=1S/C25H22BrNO6/c1-16(18-6-3-2-4-7-18)27(13-17-10-11-21-22(12-17)33-15-32-21)23(28)14-31-24-19(25(29)30)8-5-9-20(24)26/h2-12,16H,13-15H2,1H3,(H,29,30)/t16-/m0/s1.